The molecule has 0 N–H and O–H groups in total. The van der Waals surface area contributed by atoms with Crippen molar-refractivity contribution in [1.82, 2.24) is 4.98 Å². The van der Waals surface area contributed by atoms with E-state index in [1.807, 2.05) is 55.5 Å². The van der Waals surface area contributed by atoms with E-state index in [0.717, 1.165) is 39.3 Å². The molecular weight excluding hydrogens is 326 g/mol. The van der Waals surface area contributed by atoms with Crippen molar-refractivity contribution in [2.45, 2.75) is 13.3 Å². The minimum atomic E-state index is 0.597. The van der Waals surface area contributed by atoms with Gasteiger partial charge in [0, 0.05) is 10.9 Å². The van der Waals surface area contributed by atoms with Crippen LogP contribution in [0.25, 0.3) is 28.5 Å². The predicted octanol–water partition coefficient (Wildman–Crippen LogP) is 5.60. The van der Waals surface area contributed by atoms with Crippen molar-refractivity contribution in [3.05, 3.63) is 83.6 Å². The summed E-state index contributed by atoms with van der Waals surface area (Å²) in [5.74, 6) is 2.32. The molecule has 0 saturated heterocycles. The minimum absolute atomic E-state index is 0.597. The van der Waals surface area contributed by atoms with Crippen LogP contribution in [-0.2, 0) is 11.2 Å². The summed E-state index contributed by atoms with van der Waals surface area (Å²) in [4.78, 5) is 4.65. The molecule has 0 amide bonds. The number of benzene rings is 2. The van der Waals surface area contributed by atoms with Crippen LogP contribution in [0, 0.1) is 6.92 Å². The molecular formula is C22H19NO3. The van der Waals surface area contributed by atoms with Crippen molar-refractivity contribution < 1.29 is 13.6 Å². The Hall–Kier alpha value is -3.27. The summed E-state index contributed by atoms with van der Waals surface area (Å²) < 4.78 is 16.8. The van der Waals surface area contributed by atoms with Gasteiger partial charge in [0.15, 0.2) is 0 Å². The first-order valence-electron chi connectivity index (χ1n) is 8.46. The molecule has 4 aromatic rings. The Labute approximate surface area is 151 Å². The summed E-state index contributed by atoms with van der Waals surface area (Å²) in [5, 5.41) is 1.06. The molecule has 2 heterocycles. The molecule has 26 heavy (non-hydrogen) atoms. The van der Waals surface area contributed by atoms with E-state index in [2.05, 4.69) is 17.1 Å². The Morgan fingerprint density at radius 1 is 1.04 bits per heavy atom. The largest absolute Gasteiger partial charge is 0.504 e. The summed E-state index contributed by atoms with van der Waals surface area (Å²) in [6.07, 6.45) is 4.17. The lowest BCUT2D eigenvalue weighted by Gasteiger charge is -1.93. The fourth-order valence-electron chi connectivity index (χ4n) is 2.92. The molecule has 0 saturated carbocycles. The van der Waals surface area contributed by atoms with Gasteiger partial charge in [-0.25, -0.2) is 4.98 Å². The second kappa shape index (κ2) is 6.92. The van der Waals surface area contributed by atoms with E-state index in [0.29, 0.717) is 12.3 Å². The van der Waals surface area contributed by atoms with Crippen molar-refractivity contribution >= 4 is 17.0 Å². The molecule has 0 bridgehead atoms. The van der Waals surface area contributed by atoms with Gasteiger partial charge >= 0.3 is 0 Å². The number of hydrogen-bond acceptors (Lipinski definition) is 4. The van der Waals surface area contributed by atoms with E-state index in [1.165, 1.54) is 0 Å². The number of oxazole rings is 1. The number of hydrogen-bond donors (Lipinski definition) is 0. The third kappa shape index (κ3) is 3.26. The Balaban J connectivity index is 1.61. The zero-order valence-electron chi connectivity index (χ0n) is 14.7. The number of fused-ring (bicyclic) bond motifs is 1. The van der Waals surface area contributed by atoms with E-state index in [-0.39, 0.29) is 0 Å². The van der Waals surface area contributed by atoms with Crippen LogP contribution in [0.3, 0.4) is 0 Å². The summed E-state index contributed by atoms with van der Waals surface area (Å²) in [6.45, 7) is 1.94. The highest BCUT2D eigenvalue weighted by atomic mass is 16.5. The number of rotatable bonds is 5. The second-order valence-electron chi connectivity index (χ2n) is 6.11. The van der Waals surface area contributed by atoms with Gasteiger partial charge < -0.3 is 13.6 Å². The molecule has 0 aliphatic rings. The highest BCUT2D eigenvalue weighted by molar-refractivity contribution is 5.80. The normalized spacial score (nSPS) is 11.5. The number of nitrogens with zero attached hydrogens (tertiary/aromatic N) is 1. The average molecular weight is 345 g/mol. The Bertz CT molecular complexity index is 1060. The molecule has 4 rings (SSSR count). The van der Waals surface area contributed by atoms with Crippen molar-refractivity contribution in [2.75, 3.05) is 7.11 Å². The number of aryl methyl sites for hydroxylation is 1. The van der Waals surface area contributed by atoms with Crippen LogP contribution < -0.4 is 0 Å². The fourth-order valence-corrected chi connectivity index (χ4v) is 2.92. The average Bonchev–Trinajstić information content (AvgIpc) is 3.23. The first-order valence-corrected chi connectivity index (χ1v) is 8.46. The molecule has 2 aromatic heterocycles. The first kappa shape index (κ1) is 16.2. The first-order chi connectivity index (χ1) is 12.7. The summed E-state index contributed by atoms with van der Waals surface area (Å²) in [5.41, 5.74) is 3.79. The maximum absolute atomic E-state index is 5.96. The quantitative estimate of drug-likeness (QED) is 0.441. The molecule has 0 atom stereocenters. The molecule has 0 radical (unpaired) electrons. The van der Waals surface area contributed by atoms with Crippen LogP contribution in [0.2, 0.25) is 0 Å². The van der Waals surface area contributed by atoms with Gasteiger partial charge in [-0.15, -0.1) is 0 Å². The minimum Gasteiger partial charge on any atom is -0.504 e. The molecule has 0 spiro atoms. The van der Waals surface area contributed by atoms with Gasteiger partial charge in [0.05, 0.1) is 25.5 Å². The van der Waals surface area contributed by atoms with E-state index >= 15 is 0 Å². The number of furan rings is 1. The fraction of sp³-hybridized carbons (Fsp3) is 0.136. The van der Waals surface area contributed by atoms with E-state index < -0.39 is 0 Å². The van der Waals surface area contributed by atoms with Crippen molar-refractivity contribution in [3.8, 4) is 11.5 Å². The molecule has 0 aliphatic carbocycles. The lowest BCUT2D eigenvalue weighted by atomic mass is 10.1. The van der Waals surface area contributed by atoms with E-state index in [9.17, 15) is 0 Å². The maximum Gasteiger partial charge on any atom is 0.226 e. The van der Waals surface area contributed by atoms with Gasteiger partial charge in [-0.1, -0.05) is 24.3 Å². The molecule has 4 heteroatoms. The van der Waals surface area contributed by atoms with Gasteiger partial charge in [0.2, 0.25) is 5.89 Å². The molecule has 0 fully saturated rings. The lowest BCUT2D eigenvalue weighted by Crippen LogP contribution is -1.88. The Morgan fingerprint density at radius 3 is 2.69 bits per heavy atom. The second-order valence-corrected chi connectivity index (χ2v) is 6.11. The molecule has 130 valence electrons. The topological polar surface area (TPSA) is 48.4 Å². The highest BCUT2D eigenvalue weighted by Crippen LogP contribution is 2.26. The predicted molar refractivity (Wildman–Crippen MR) is 102 cm³/mol. The number of ether oxygens (including phenoxy) is 1. The molecule has 0 unspecified atom stereocenters. The number of aromatic nitrogens is 1. The monoisotopic (exact) mass is 345 g/mol. The third-order valence-corrected chi connectivity index (χ3v) is 4.24. The summed E-state index contributed by atoms with van der Waals surface area (Å²) in [7, 11) is 1.63. The Morgan fingerprint density at radius 2 is 1.88 bits per heavy atom. The van der Waals surface area contributed by atoms with Crippen LogP contribution in [0.4, 0.5) is 0 Å². The molecule has 0 aliphatic heterocycles. The number of methoxy groups -OCH3 is 1. The molecule has 2 aromatic carbocycles. The molecule has 4 nitrogen and oxygen atoms in total. The van der Waals surface area contributed by atoms with Crippen molar-refractivity contribution in [1.29, 1.82) is 0 Å². The third-order valence-electron chi connectivity index (χ3n) is 4.24. The zero-order valence-corrected chi connectivity index (χ0v) is 14.7. The smallest absolute Gasteiger partial charge is 0.226 e. The Kier molecular flexibility index (Phi) is 4.32. The van der Waals surface area contributed by atoms with Crippen LogP contribution in [-0.4, -0.2) is 12.1 Å². The van der Waals surface area contributed by atoms with E-state index in [1.54, 1.807) is 13.4 Å². The van der Waals surface area contributed by atoms with Crippen LogP contribution >= 0.6 is 0 Å². The van der Waals surface area contributed by atoms with Gasteiger partial charge in [0.25, 0.3) is 0 Å². The van der Waals surface area contributed by atoms with E-state index in [4.69, 9.17) is 13.6 Å². The summed E-state index contributed by atoms with van der Waals surface area (Å²) >= 11 is 0. The van der Waals surface area contributed by atoms with Crippen LogP contribution in [0.1, 0.15) is 22.8 Å². The van der Waals surface area contributed by atoms with Crippen molar-refractivity contribution in [2.24, 2.45) is 0 Å². The lowest BCUT2D eigenvalue weighted by molar-refractivity contribution is 0.341. The van der Waals surface area contributed by atoms with Gasteiger partial charge in [0.1, 0.15) is 17.1 Å². The van der Waals surface area contributed by atoms with Crippen molar-refractivity contribution in [3.63, 3.8) is 0 Å². The highest BCUT2D eigenvalue weighted by Gasteiger charge is 2.14. The standard InChI is InChI=1S/C22H19NO3/c1-15-20(23-22(25-15)17-6-4-3-5-7-17)14-19-13-18-12-16(10-11-24-2)8-9-21(18)26-19/h3-13H,14H2,1-2H3/b11-10+. The van der Waals surface area contributed by atoms with Crippen LogP contribution in [0.5, 0.6) is 0 Å². The maximum atomic E-state index is 5.96. The zero-order chi connectivity index (χ0) is 17.9. The summed E-state index contributed by atoms with van der Waals surface area (Å²) in [6, 6.07) is 18.0. The van der Waals surface area contributed by atoms with Gasteiger partial charge in [-0.2, -0.15) is 0 Å². The van der Waals surface area contributed by atoms with Gasteiger partial charge in [-0.3, -0.25) is 0 Å². The van der Waals surface area contributed by atoms with Gasteiger partial charge in [-0.05, 0) is 48.9 Å². The van der Waals surface area contributed by atoms with Crippen LogP contribution in [0.15, 0.2) is 69.7 Å². The SMILES string of the molecule is CO/C=C/c1ccc2oc(Cc3nc(-c4ccccc4)oc3C)cc2c1.